The first kappa shape index (κ1) is 33.4. The molecule has 41 heavy (non-hydrogen) atoms. The number of allylic oxidation sites excluding steroid dienone is 4. The molecule has 1 aliphatic carbocycles. The summed E-state index contributed by atoms with van der Waals surface area (Å²) >= 11 is 0. The van der Waals surface area contributed by atoms with Crippen LogP contribution in [0.1, 0.15) is 34.1 Å². The zero-order valence-corrected chi connectivity index (χ0v) is 24.4. The van der Waals surface area contributed by atoms with Crippen molar-refractivity contribution < 1.29 is 38.5 Å². The van der Waals surface area contributed by atoms with Gasteiger partial charge >= 0.3 is 6.09 Å². The van der Waals surface area contributed by atoms with Gasteiger partial charge in [-0.3, -0.25) is 14.4 Å². The highest BCUT2D eigenvalue weighted by Crippen LogP contribution is 2.29. The van der Waals surface area contributed by atoms with Crippen molar-refractivity contribution in [3.05, 3.63) is 71.1 Å². The van der Waals surface area contributed by atoms with E-state index in [1.807, 2.05) is 0 Å². The van der Waals surface area contributed by atoms with Crippen molar-refractivity contribution in [3.63, 3.8) is 0 Å². The maximum atomic E-state index is 13.6. The molecule has 5 N–H and O–H groups in total. The fourth-order valence-electron chi connectivity index (χ4n) is 4.86. The molecule has 0 saturated heterocycles. The summed E-state index contributed by atoms with van der Waals surface area (Å²) in [6.07, 6.45) is 4.57. The predicted molar refractivity (Wildman–Crippen MR) is 153 cm³/mol. The van der Waals surface area contributed by atoms with Gasteiger partial charge in [-0.15, -0.1) is 6.58 Å². The fourth-order valence-corrected chi connectivity index (χ4v) is 4.86. The normalized spacial score (nSPS) is 31.8. The van der Waals surface area contributed by atoms with Crippen molar-refractivity contribution in [3.8, 4) is 0 Å². The first-order chi connectivity index (χ1) is 19.4. The molecule has 2 rings (SSSR count). The van der Waals surface area contributed by atoms with E-state index >= 15 is 0 Å². The minimum absolute atomic E-state index is 0.0684. The second-order valence-electron chi connectivity index (χ2n) is 10.2. The van der Waals surface area contributed by atoms with E-state index in [0.29, 0.717) is 5.57 Å². The van der Waals surface area contributed by atoms with E-state index in [1.54, 1.807) is 52.0 Å². The standard InChI is InChI=1S/C30H41N3O8/c1-8-12-32-24-20-14-19(5)28(40-7)25(35)17(3)13-18(4)27(41-30(31)38)23(39-6)11-9-10-16(2)29(37)33-21(26(20)36)15-22(24)34/h8-11,13,15,17,19,23,25,27-28,32,35H,1,12,14H2,2-7H3,(H2,31,38)(H,33,37)/b11-9-,16-10+,18-13+/t17-,19+,23?,25?,27?,28-/m0/s1. The van der Waals surface area contributed by atoms with Crippen LogP contribution in [0.2, 0.25) is 0 Å². The highest BCUT2D eigenvalue weighted by molar-refractivity contribution is 6.23. The van der Waals surface area contributed by atoms with Gasteiger partial charge in [-0.05, 0) is 31.8 Å². The van der Waals surface area contributed by atoms with Crippen LogP contribution in [0, 0.1) is 11.8 Å². The number of aliphatic hydroxyl groups is 1. The number of rotatable bonds is 6. The van der Waals surface area contributed by atoms with Crippen LogP contribution in [0.4, 0.5) is 4.79 Å². The molecule has 0 spiro atoms. The Morgan fingerprint density at radius 2 is 1.90 bits per heavy atom. The van der Waals surface area contributed by atoms with Gasteiger partial charge in [0.1, 0.15) is 6.10 Å². The van der Waals surface area contributed by atoms with E-state index in [9.17, 15) is 24.3 Å². The van der Waals surface area contributed by atoms with Crippen LogP contribution in [0.25, 0.3) is 0 Å². The molecule has 3 unspecified atom stereocenters. The number of methoxy groups -OCH3 is 2. The quantitative estimate of drug-likeness (QED) is 0.276. The zero-order chi connectivity index (χ0) is 30.9. The highest BCUT2D eigenvalue weighted by Gasteiger charge is 2.35. The molecule has 0 radical (unpaired) electrons. The molecule has 2 amide bonds. The van der Waals surface area contributed by atoms with Gasteiger partial charge in [-0.1, -0.05) is 44.2 Å². The topological polar surface area (TPSA) is 166 Å². The second kappa shape index (κ2) is 15.3. The lowest BCUT2D eigenvalue weighted by atomic mass is 9.83. The second-order valence-corrected chi connectivity index (χ2v) is 10.2. The number of ether oxygens (including phenoxy) is 3. The number of nitrogens with one attached hydrogen (secondary N) is 2. The first-order valence-electron chi connectivity index (χ1n) is 13.3. The van der Waals surface area contributed by atoms with Crippen LogP contribution in [-0.2, 0) is 28.6 Å². The predicted octanol–water partition coefficient (Wildman–Crippen LogP) is 2.15. The van der Waals surface area contributed by atoms with Crippen molar-refractivity contribution in [2.75, 3.05) is 20.8 Å². The van der Waals surface area contributed by atoms with Crippen molar-refractivity contribution in [2.45, 2.75) is 58.5 Å². The third-order valence-electron chi connectivity index (χ3n) is 7.04. The molecular formula is C30H41N3O8. The lowest BCUT2D eigenvalue weighted by Gasteiger charge is -2.32. The summed E-state index contributed by atoms with van der Waals surface area (Å²) in [4.78, 5) is 51.2. The lowest BCUT2D eigenvalue weighted by Crippen LogP contribution is -2.41. The number of hydrogen-bond acceptors (Lipinski definition) is 9. The average Bonchev–Trinajstić information content (AvgIpc) is 2.91. The molecule has 0 aromatic carbocycles. The molecule has 1 aliphatic heterocycles. The number of ketones is 2. The number of carbonyl (C=O) groups is 4. The SMILES string of the molecule is C=CCNC1=C2C[C@@H](C)[C@H](OC)C(O)[C@@H](C)/C=C(\C)C(OC(N)=O)C(OC)/C=C\C=C(/C)C(=O)NC(=CC1=O)C2=O. The number of primary amides is 1. The largest absolute Gasteiger partial charge is 0.439 e. The zero-order valence-electron chi connectivity index (χ0n) is 24.4. The Morgan fingerprint density at radius 1 is 1.22 bits per heavy atom. The Morgan fingerprint density at radius 3 is 2.49 bits per heavy atom. The van der Waals surface area contributed by atoms with Crippen LogP contribution in [0.5, 0.6) is 0 Å². The van der Waals surface area contributed by atoms with Crippen LogP contribution in [-0.4, -0.2) is 73.9 Å². The minimum Gasteiger partial charge on any atom is -0.439 e. The van der Waals surface area contributed by atoms with E-state index in [2.05, 4.69) is 17.2 Å². The molecule has 6 atom stereocenters. The Labute approximate surface area is 240 Å². The lowest BCUT2D eigenvalue weighted by molar-refractivity contribution is -0.120. The van der Waals surface area contributed by atoms with Crippen LogP contribution >= 0.6 is 0 Å². The van der Waals surface area contributed by atoms with Crippen molar-refractivity contribution in [1.82, 2.24) is 10.6 Å². The molecule has 11 nitrogen and oxygen atoms in total. The smallest absolute Gasteiger partial charge is 0.405 e. The summed E-state index contributed by atoms with van der Waals surface area (Å²) in [5.74, 6) is -2.51. The van der Waals surface area contributed by atoms with Gasteiger partial charge < -0.3 is 35.7 Å². The van der Waals surface area contributed by atoms with Gasteiger partial charge in [0.15, 0.2) is 6.10 Å². The number of aliphatic hydroxyl groups excluding tert-OH is 1. The Hall–Kier alpha value is -3.80. The van der Waals surface area contributed by atoms with Gasteiger partial charge in [0.25, 0.3) is 5.91 Å². The summed E-state index contributed by atoms with van der Waals surface area (Å²) < 4.78 is 16.6. The maximum absolute atomic E-state index is 13.6. The molecule has 0 fully saturated rings. The number of fused-ring (bicyclic) bond motifs is 2. The number of hydrogen-bond donors (Lipinski definition) is 4. The monoisotopic (exact) mass is 571 g/mol. The molecule has 2 bridgehead atoms. The number of nitrogens with two attached hydrogens (primary N) is 1. The van der Waals surface area contributed by atoms with Crippen molar-refractivity contribution in [1.29, 1.82) is 0 Å². The summed E-state index contributed by atoms with van der Waals surface area (Å²) in [5, 5.41) is 16.8. The number of Topliss-reactive ketones (excluding diaryl/α,β-unsaturated/α-hetero) is 1. The molecule has 1 heterocycles. The summed E-state index contributed by atoms with van der Waals surface area (Å²) in [7, 11) is 2.88. The van der Waals surface area contributed by atoms with Gasteiger partial charge in [0.05, 0.1) is 23.6 Å². The van der Waals surface area contributed by atoms with Crippen LogP contribution in [0.3, 0.4) is 0 Å². The maximum Gasteiger partial charge on any atom is 0.405 e. The highest BCUT2D eigenvalue weighted by atomic mass is 16.6. The fraction of sp³-hybridized carbons (Fsp3) is 0.467. The van der Waals surface area contributed by atoms with Crippen molar-refractivity contribution in [2.24, 2.45) is 17.6 Å². The van der Waals surface area contributed by atoms with E-state index in [1.165, 1.54) is 20.3 Å². The van der Waals surface area contributed by atoms with E-state index in [0.717, 1.165) is 6.08 Å². The number of carbonyl (C=O) groups excluding carboxylic acids is 4. The molecular weight excluding hydrogens is 530 g/mol. The van der Waals surface area contributed by atoms with Crippen molar-refractivity contribution >= 4 is 23.6 Å². The third kappa shape index (κ3) is 8.59. The molecule has 0 aromatic rings. The number of amides is 2. The van der Waals surface area contributed by atoms with Crippen LogP contribution < -0.4 is 16.4 Å². The molecule has 2 aliphatic rings. The Bertz CT molecular complexity index is 1200. The average molecular weight is 572 g/mol. The van der Waals surface area contributed by atoms with Gasteiger partial charge in [0.2, 0.25) is 11.6 Å². The van der Waals surface area contributed by atoms with Crippen LogP contribution in [0.15, 0.2) is 71.1 Å². The van der Waals surface area contributed by atoms with E-state index in [-0.39, 0.29) is 35.5 Å². The molecule has 0 aromatic heterocycles. The summed E-state index contributed by atoms with van der Waals surface area (Å²) in [5.41, 5.74) is 6.25. The molecule has 224 valence electrons. The Balaban J connectivity index is 2.67. The van der Waals surface area contributed by atoms with Gasteiger partial charge in [0, 0.05) is 43.9 Å². The molecule has 11 heteroatoms. The minimum atomic E-state index is -1.05. The Kier molecular flexibility index (Phi) is 12.4. The third-order valence-corrected chi connectivity index (χ3v) is 7.04. The summed E-state index contributed by atoms with van der Waals surface area (Å²) in [6.45, 7) is 10.7. The first-order valence-corrected chi connectivity index (χ1v) is 13.3. The molecule has 0 saturated carbocycles. The van der Waals surface area contributed by atoms with Gasteiger partial charge in [-0.2, -0.15) is 0 Å². The summed E-state index contributed by atoms with van der Waals surface area (Å²) in [6, 6.07) is 0. The van der Waals surface area contributed by atoms with E-state index in [4.69, 9.17) is 19.9 Å². The van der Waals surface area contributed by atoms with Gasteiger partial charge in [-0.25, -0.2) is 4.79 Å². The van der Waals surface area contributed by atoms with E-state index < -0.39 is 59.8 Å².